The van der Waals surface area contributed by atoms with Crippen LogP contribution in [-0.2, 0) is 6.54 Å². The van der Waals surface area contributed by atoms with Crippen molar-refractivity contribution in [2.45, 2.75) is 6.54 Å². The monoisotopic (exact) mass is 394 g/mol. The Morgan fingerprint density at radius 1 is 0.931 bits per heavy atom. The maximum atomic E-state index is 12.5. The van der Waals surface area contributed by atoms with Crippen LogP contribution in [0.2, 0.25) is 0 Å². The smallest absolute Gasteiger partial charge is 0.258 e. The third-order valence-corrected chi connectivity index (χ3v) is 4.20. The Morgan fingerprint density at radius 2 is 1.66 bits per heavy atom. The highest BCUT2D eigenvalue weighted by Gasteiger charge is 2.12. The molecule has 3 rings (SSSR count). The molecule has 0 aliphatic carbocycles. The van der Waals surface area contributed by atoms with Crippen molar-refractivity contribution >= 4 is 17.5 Å². The molecule has 0 saturated carbocycles. The van der Waals surface area contributed by atoms with Crippen molar-refractivity contribution in [3.63, 3.8) is 0 Å². The minimum atomic E-state index is -0.354. The van der Waals surface area contributed by atoms with Gasteiger partial charge in [-0.05, 0) is 18.2 Å². The number of carbonyl (C=O) groups is 1. The first-order chi connectivity index (χ1) is 14.1. The molecule has 0 fully saturated rings. The fourth-order valence-electron chi connectivity index (χ4n) is 2.67. The van der Waals surface area contributed by atoms with E-state index in [1.807, 2.05) is 24.3 Å². The molecule has 2 aromatic carbocycles. The fraction of sp³-hybridized carbons (Fsp3) is 0.190. The normalized spacial score (nSPS) is 10.2. The number of benzene rings is 2. The van der Waals surface area contributed by atoms with Gasteiger partial charge in [-0.1, -0.05) is 18.2 Å². The van der Waals surface area contributed by atoms with E-state index in [1.54, 1.807) is 32.4 Å². The molecule has 1 aromatic heterocycles. The zero-order valence-electron chi connectivity index (χ0n) is 16.4. The Labute approximate surface area is 168 Å². The Bertz CT molecular complexity index is 977. The second-order valence-electron chi connectivity index (χ2n) is 5.98. The topological polar surface area (TPSA) is 94.6 Å². The quantitative estimate of drug-likeness (QED) is 0.605. The molecule has 0 aliphatic heterocycles. The molecule has 8 heteroatoms. The molecule has 150 valence electrons. The highest BCUT2D eigenvalue weighted by Crippen LogP contribution is 2.29. The van der Waals surface area contributed by atoms with Gasteiger partial charge < -0.3 is 24.8 Å². The van der Waals surface area contributed by atoms with Crippen LogP contribution in [0.25, 0.3) is 0 Å². The molecule has 8 nitrogen and oxygen atoms in total. The number of hydrogen-bond acceptors (Lipinski definition) is 7. The van der Waals surface area contributed by atoms with Crippen molar-refractivity contribution in [2.24, 2.45) is 0 Å². The number of carbonyl (C=O) groups excluding carboxylic acids is 1. The van der Waals surface area contributed by atoms with Gasteiger partial charge in [0.05, 0.1) is 32.6 Å². The van der Waals surface area contributed by atoms with Crippen molar-refractivity contribution < 1.29 is 19.0 Å². The maximum Gasteiger partial charge on any atom is 0.258 e. The lowest BCUT2D eigenvalue weighted by atomic mass is 10.2. The minimum Gasteiger partial charge on any atom is -0.497 e. The fourth-order valence-corrected chi connectivity index (χ4v) is 2.67. The summed E-state index contributed by atoms with van der Waals surface area (Å²) in [4.78, 5) is 20.9. The van der Waals surface area contributed by atoms with Gasteiger partial charge in [-0.25, -0.2) is 9.97 Å². The third kappa shape index (κ3) is 4.92. The molecular formula is C21H22N4O4. The predicted molar refractivity (Wildman–Crippen MR) is 110 cm³/mol. The number of nitrogens with one attached hydrogen (secondary N) is 2. The summed E-state index contributed by atoms with van der Waals surface area (Å²) >= 11 is 0. The van der Waals surface area contributed by atoms with Crippen LogP contribution in [0.15, 0.2) is 54.9 Å². The molecule has 1 heterocycles. The van der Waals surface area contributed by atoms with Crippen molar-refractivity contribution in [2.75, 3.05) is 32.0 Å². The van der Waals surface area contributed by atoms with E-state index in [-0.39, 0.29) is 5.91 Å². The molecule has 1 amide bonds. The van der Waals surface area contributed by atoms with Crippen LogP contribution < -0.4 is 24.8 Å². The lowest BCUT2D eigenvalue weighted by molar-refractivity contribution is 0.102. The van der Waals surface area contributed by atoms with Gasteiger partial charge in [-0.2, -0.15) is 0 Å². The van der Waals surface area contributed by atoms with Gasteiger partial charge in [0.2, 0.25) is 5.95 Å². The minimum absolute atomic E-state index is 0.317. The summed E-state index contributed by atoms with van der Waals surface area (Å²) < 4.78 is 15.8. The molecule has 0 bridgehead atoms. The van der Waals surface area contributed by atoms with Crippen LogP contribution in [0.1, 0.15) is 15.9 Å². The van der Waals surface area contributed by atoms with E-state index in [9.17, 15) is 4.79 Å². The van der Waals surface area contributed by atoms with Crippen molar-refractivity contribution in [1.29, 1.82) is 0 Å². The van der Waals surface area contributed by atoms with Crippen LogP contribution in [-0.4, -0.2) is 37.2 Å². The maximum absolute atomic E-state index is 12.5. The van der Waals surface area contributed by atoms with Crippen LogP contribution >= 0.6 is 0 Å². The van der Waals surface area contributed by atoms with Gasteiger partial charge in [-0.3, -0.25) is 4.79 Å². The van der Waals surface area contributed by atoms with E-state index >= 15 is 0 Å². The summed E-state index contributed by atoms with van der Waals surface area (Å²) in [6.07, 6.45) is 2.92. The Morgan fingerprint density at radius 3 is 2.34 bits per heavy atom. The van der Waals surface area contributed by atoms with E-state index in [0.717, 1.165) is 11.3 Å². The highest BCUT2D eigenvalue weighted by molar-refractivity contribution is 6.04. The number of amides is 1. The average Bonchev–Trinajstić information content (AvgIpc) is 2.78. The molecule has 3 aromatic rings. The summed E-state index contributed by atoms with van der Waals surface area (Å²) in [5.41, 5.74) is 1.79. The molecule has 0 radical (unpaired) electrons. The SMILES string of the molecule is COc1ccc(OC)c(NC(=O)c2cnc(NCc3ccccc3OC)nc2)c1. The third-order valence-electron chi connectivity index (χ3n) is 4.20. The molecule has 29 heavy (non-hydrogen) atoms. The average molecular weight is 394 g/mol. The van der Waals surface area contributed by atoms with Crippen LogP contribution in [0.3, 0.4) is 0 Å². The number of ether oxygens (including phenoxy) is 3. The van der Waals surface area contributed by atoms with Crippen LogP contribution in [0.5, 0.6) is 17.2 Å². The first kappa shape index (κ1) is 19.9. The van der Waals surface area contributed by atoms with E-state index in [1.165, 1.54) is 19.5 Å². The standard InChI is InChI=1S/C21H22N4O4/c1-27-16-8-9-19(29-3)17(10-16)25-20(26)15-12-23-21(24-13-15)22-11-14-6-4-5-7-18(14)28-2/h4-10,12-13H,11H2,1-3H3,(H,25,26)(H,22,23,24). The first-order valence-corrected chi connectivity index (χ1v) is 8.85. The summed E-state index contributed by atoms with van der Waals surface area (Å²) in [5.74, 6) is 1.96. The second-order valence-corrected chi connectivity index (χ2v) is 5.98. The molecule has 0 saturated heterocycles. The summed E-state index contributed by atoms with van der Waals surface area (Å²) in [6, 6.07) is 12.8. The Balaban J connectivity index is 1.66. The zero-order valence-corrected chi connectivity index (χ0v) is 16.4. The Hall–Kier alpha value is -3.81. The van der Waals surface area contributed by atoms with Crippen molar-refractivity contribution in [3.8, 4) is 17.2 Å². The molecule has 2 N–H and O–H groups in total. The van der Waals surface area contributed by atoms with Crippen LogP contribution in [0, 0.1) is 0 Å². The number of methoxy groups -OCH3 is 3. The number of para-hydroxylation sites is 1. The molecule has 0 atom stereocenters. The number of anilines is 2. The number of aromatic nitrogens is 2. The first-order valence-electron chi connectivity index (χ1n) is 8.85. The summed E-state index contributed by atoms with van der Waals surface area (Å²) in [7, 11) is 4.71. The molecule has 0 spiro atoms. The van der Waals surface area contributed by atoms with Gasteiger partial charge in [0.15, 0.2) is 0 Å². The van der Waals surface area contributed by atoms with E-state index in [2.05, 4.69) is 20.6 Å². The van der Waals surface area contributed by atoms with Gasteiger partial charge in [0, 0.05) is 30.6 Å². The second kappa shape index (κ2) is 9.41. The van der Waals surface area contributed by atoms with Gasteiger partial charge in [0.25, 0.3) is 5.91 Å². The summed E-state index contributed by atoms with van der Waals surface area (Å²) in [6.45, 7) is 0.497. The number of rotatable bonds is 8. The Kier molecular flexibility index (Phi) is 6.47. The molecule has 0 unspecified atom stereocenters. The van der Waals surface area contributed by atoms with Gasteiger partial charge in [0.1, 0.15) is 17.2 Å². The number of hydrogen-bond donors (Lipinski definition) is 2. The summed E-state index contributed by atoms with van der Waals surface area (Å²) in [5, 5.41) is 5.90. The van der Waals surface area contributed by atoms with Crippen LogP contribution in [0.4, 0.5) is 11.6 Å². The van der Waals surface area contributed by atoms with Crippen molar-refractivity contribution in [1.82, 2.24) is 9.97 Å². The van der Waals surface area contributed by atoms with E-state index in [0.29, 0.717) is 35.2 Å². The zero-order chi connectivity index (χ0) is 20.6. The van der Waals surface area contributed by atoms with Gasteiger partial charge in [-0.15, -0.1) is 0 Å². The predicted octanol–water partition coefficient (Wildman–Crippen LogP) is 3.37. The molecule has 0 aliphatic rings. The lowest BCUT2D eigenvalue weighted by Gasteiger charge is -2.12. The highest BCUT2D eigenvalue weighted by atomic mass is 16.5. The lowest BCUT2D eigenvalue weighted by Crippen LogP contribution is -2.14. The van der Waals surface area contributed by atoms with E-state index < -0.39 is 0 Å². The van der Waals surface area contributed by atoms with E-state index in [4.69, 9.17) is 14.2 Å². The largest absolute Gasteiger partial charge is 0.497 e. The molecular weight excluding hydrogens is 372 g/mol. The number of nitrogens with zero attached hydrogens (tertiary/aromatic N) is 2. The van der Waals surface area contributed by atoms with Crippen molar-refractivity contribution in [3.05, 3.63) is 66.0 Å². The van der Waals surface area contributed by atoms with Gasteiger partial charge >= 0.3 is 0 Å².